The maximum atomic E-state index is 14.1. The van der Waals surface area contributed by atoms with Crippen molar-refractivity contribution >= 4 is 11.9 Å². The van der Waals surface area contributed by atoms with Crippen molar-refractivity contribution in [2.45, 2.75) is 81.0 Å². The molecule has 1 aliphatic rings. The molecule has 1 heterocycles. The monoisotopic (exact) mass is 517 g/mol. The van der Waals surface area contributed by atoms with Gasteiger partial charge in [0.05, 0.1) is 0 Å². The zero-order chi connectivity index (χ0) is 26.6. The number of carbonyl (C=O) groups is 2. The van der Waals surface area contributed by atoms with Gasteiger partial charge in [0.1, 0.15) is 11.6 Å². The van der Waals surface area contributed by atoms with E-state index in [-0.39, 0.29) is 11.3 Å². The van der Waals surface area contributed by atoms with E-state index in [0.29, 0.717) is 0 Å². The van der Waals surface area contributed by atoms with Crippen molar-refractivity contribution in [3.63, 3.8) is 0 Å². The summed E-state index contributed by atoms with van der Waals surface area (Å²) in [4.78, 5) is 24.0. The zero-order valence-corrected chi connectivity index (χ0v) is 16.8. The molecule has 1 atom stereocenters. The van der Waals surface area contributed by atoms with Gasteiger partial charge in [-0.25, -0.2) is 4.79 Å². The van der Waals surface area contributed by atoms with Crippen LogP contribution in [-0.2, 0) is 9.53 Å². The minimum absolute atomic E-state index is 0.0954. The number of hydrogen-bond acceptors (Lipinski definition) is 3. The number of nitrogens with zero attached hydrogens (tertiary/aromatic N) is 1. The molecule has 194 valence electrons. The second-order valence-corrected chi connectivity index (χ2v) is 8.07. The Morgan fingerprint density at radius 3 is 1.55 bits per heavy atom. The highest BCUT2D eigenvalue weighted by molar-refractivity contribution is 5.94. The lowest BCUT2D eigenvalue weighted by atomic mass is 9.89. The van der Waals surface area contributed by atoms with Crippen LogP contribution in [0.5, 0.6) is 0 Å². The number of ketones is 1. The second-order valence-electron chi connectivity index (χ2n) is 8.07. The Hall–Kier alpha value is -1.97. The third-order valence-electron chi connectivity index (χ3n) is 4.43. The smallest absolute Gasteiger partial charge is 0.444 e. The van der Waals surface area contributed by atoms with E-state index < -0.39 is 72.3 Å². The molecule has 1 aliphatic heterocycles. The maximum Gasteiger partial charge on any atom is 0.460 e. The van der Waals surface area contributed by atoms with Gasteiger partial charge < -0.3 is 4.74 Å². The van der Waals surface area contributed by atoms with Crippen LogP contribution in [-0.4, -0.2) is 70.8 Å². The van der Waals surface area contributed by atoms with Crippen LogP contribution in [0.15, 0.2) is 0 Å². The fraction of sp³-hybridized carbons (Fsp3) is 0.875. The van der Waals surface area contributed by atoms with E-state index in [2.05, 4.69) is 0 Å². The molecule has 0 N–H and O–H groups in total. The summed E-state index contributed by atoms with van der Waals surface area (Å²) in [5, 5.41) is 0. The summed E-state index contributed by atoms with van der Waals surface area (Å²) < 4.78 is 177. The zero-order valence-electron chi connectivity index (χ0n) is 16.8. The molecule has 0 aliphatic carbocycles. The van der Waals surface area contributed by atoms with Gasteiger partial charge >= 0.3 is 41.9 Å². The largest absolute Gasteiger partial charge is 0.460 e. The van der Waals surface area contributed by atoms with E-state index in [1.165, 1.54) is 20.8 Å². The van der Waals surface area contributed by atoms with Gasteiger partial charge in [-0.05, 0) is 33.6 Å². The highest BCUT2D eigenvalue weighted by Crippen LogP contribution is 2.60. The summed E-state index contributed by atoms with van der Waals surface area (Å²) in [5.74, 6) is -42.0. The molecule has 0 aromatic carbocycles. The van der Waals surface area contributed by atoms with Crippen LogP contribution in [0.1, 0.15) is 33.6 Å². The molecule has 0 unspecified atom stereocenters. The van der Waals surface area contributed by atoms with Crippen LogP contribution in [0.3, 0.4) is 0 Å². The SMILES string of the molecule is CC(C)(C)OC(=O)N1CCC[C@H]1C(=O)C(F)(F)C(F)(F)C(F)(F)C(F)(F)C(F)(F)C(F)(F)F. The summed E-state index contributed by atoms with van der Waals surface area (Å²) in [6.45, 7) is 3.16. The molecule has 33 heavy (non-hydrogen) atoms. The van der Waals surface area contributed by atoms with Crippen molar-refractivity contribution in [2.24, 2.45) is 0 Å². The van der Waals surface area contributed by atoms with E-state index in [9.17, 15) is 66.7 Å². The van der Waals surface area contributed by atoms with Crippen molar-refractivity contribution in [1.82, 2.24) is 4.90 Å². The van der Waals surface area contributed by atoms with Crippen LogP contribution in [0, 0.1) is 0 Å². The Bertz CT molecular complexity index is 771. The standard InChI is InChI=1S/C16H16F13NO3/c1-10(2,3)33-9(32)30-6-4-5-7(30)8(31)11(17,18)12(19,20)13(21,22)14(23,24)15(25,26)16(27,28)29/h7H,4-6H2,1-3H3/t7-/m0/s1. The van der Waals surface area contributed by atoms with Crippen molar-refractivity contribution < 1.29 is 71.4 Å². The van der Waals surface area contributed by atoms with Crippen LogP contribution in [0.25, 0.3) is 0 Å². The second kappa shape index (κ2) is 8.06. The first kappa shape index (κ1) is 29.1. The lowest BCUT2D eigenvalue weighted by Crippen LogP contribution is -2.72. The van der Waals surface area contributed by atoms with Gasteiger partial charge in [-0.1, -0.05) is 0 Å². The van der Waals surface area contributed by atoms with Crippen molar-refractivity contribution in [3.05, 3.63) is 0 Å². The summed E-state index contributed by atoms with van der Waals surface area (Å²) >= 11 is 0. The van der Waals surface area contributed by atoms with Gasteiger partial charge in [-0.2, -0.15) is 57.1 Å². The molecule has 0 aromatic heterocycles. The number of carbonyl (C=O) groups excluding carboxylic acids is 2. The molecule has 17 heteroatoms. The topological polar surface area (TPSA) is 46.6 Å². The van der Waals surface area contributed by atoms with Crippen LogP contribution in [0.2, 0.25) is 0 Å². The quantitative estimate of drug-likeness (QED) is 0.426. The Kier molecular flexibility index (Phi) is 7.10. The predicted octanol–water partition coefficient (Wildman–Crippen LogP) is 5.69. The molecule has 4 nitrogen and oxygen atoms in total. The predicted molar refractivity (Wildman–Crippen MR) is 81.8 cm³/mol. The number of halogens is 13. The highest BCUT2D eigenvalue weighted by Gasteiger charge is 2.91. The number of ether oxygens (including phenoxy) is 1. The summed E-state index contributed by atoms with van der Waals surface area (Å²) in [6, 6.07) is -2.65. The first-order chi connectivity index (χ1) is 14.3. The summed E-state index contributed by atoms with van der Waals surface area (Å²) in [5.41, 5.74) is -1.32. The third-order valence-corrected chi connectivity index (χ3v) is 4.43. The molecule has 0 radical (unpaired) electrons. The average molecular weight is 517 g/mol. The molecule has 1 rings (SSSR count). The fourth-order valence-corrected chi connectivity index (χ4v) is 2.71. The van der Waals surface area contributed by atoms with Gasteiger partial charge in [-0.3, -0.25) is 9.69 Å². The van der Waals surface area contributed by atoms with E-state index in [4.69, 9.17) is 4.74 Å². The van der Waals surface area contributed by atoms with Crippen LogP contribution >= 0.6 is 0 Å². The maximum absolute atomic E-state index is 14.1. The molecule has 0 bridgehead atoms. The van der Waals surface area contributed by atoms with E-state index >= 15 is 0 Å². The molecular weight excluding hydrogens is 501 g/mol. The average Bonchev–Trinajstić information content (AvgIpc) is 3.07. The fourth-order valence-electron chi connectivity index (χ4n) is 2.71. The van der Waals surface area contributed by atoms with Gasteiger partial charge in [0.15, 0.2) is 0 Å². The van der Waals surface area contributed by atoms with Crippen molar-refractivity contribution in [1.29, 1.82) is 0 Å². The van der Waals surface area contributed by atoms with Crippen LogP contribution in [0.4, 0.5) is 61.9 Å². The minimum atomic E-state index is -8.11. The molecule has 1 amide bonds. The van der Waals surface area contributed by atoms with Crippen molar-refractivity contribution in [2.75, 3.05) is 6.54 Å². The Labute approximate surface area is 177 Å². The normalized spacial score (nSPS) is 19.6. The van der Waals surface area contributed by atoms with E-state index in [1.807, 2.05) is 0 Å². The lowest BCUT2D eigenvalue weighted by Gasteiger charge is -2.40. The van der Waals surface area contributed by atoms with Gasteiger partial charge in [-0.15, -0.1) is 0 Å². The number of hydrogen-bond donors (Lipinski definition) is 0. The Morgan fingerprint density at radius 2 is 1.15 bits per heavy atom. The number of alkyl halides is 13. The lowest BCUT2D eigenvalue weighted by molar-refractivity contribution is -0.436. The van der Waals surface area contributed by atoms with Crippen LogP contribution < -0.4 is 0 Å². The first-order valence-corrected chi connectivity index (χ1v) is 8.77. The number of rotatable bonds is 6. The van der Waals surface area contributed by atoms with E-state index in [1.54, 1.807) is 0 Å². The number of Topliss-reactive ketones (excluding diaryl/α,β-unsaturated/α-hetero) is 1. The number of likely N-dealkylation sites (tertiary alicyclic amines) is 1. The summed E-state index contributed by atoms with van der Waals surface area (Å²) in [6.07, 6.45) is -10.3. The molecule has 1 saturated heterocycles. The molecule has 0 saturated carbocycles. The number of amides is 1. The van der Waals surface area contributed by atoms with Crippen molar-refractivity contribution in [3.8, 4) is 0 Å². The van der Waals surface area contributed by atoms with Gasteiger partial charge in [0, 0.05) is 6.54 Å². The summed E-state index contributed by atoms with van der Waals surface area (Å²) in [7, 11) is 0. The molecular formula is C16H16F13NO3. The molecule has 0 aromatic rings. The third kappa shape index (κ3) is 4.55. The highest BCUT2D eigenvalue weighted by atomic mass is 19.4. The Balaban J connectivity index is 3.42. The molecule has 1 fully saturated rings. The van der Waals surface area contributed by atoms with Gasteiger partial charge in [0.2, 0.25) is 5.78 Å². The molecule has 0 spiro atoms. The first-order valence-electron chi connectivity index (χ1n) is 8.77. The Morgan fingerprint density at radius 1 is 0.727 bits per heavy atom. The van der Waals surface area contributed by atoms with Gasteiger partial charge in [0.25, 0.3) is 0 Å². The minimum Gasteiger partial charge on any atom is -0.444 e. The van der Waals surface area contributed by atoms with E-state index in [0.717, 1.165) is 0 Å².